The summed E-state index contributed by atoms with van der Waals surface area (Å²) in [6.45, 7) is 23.9. The topological polar surface area (TPSA) is 62.1 Å². The highest BCUT2D eigenvalue weighted by molar-refractivity contribution is 6.31. The summed E-state index contributed by atoms with van der Waals surface area (Å²) in [7, 11) is 0. The molecule has 0 saturated carbocycles. The Labute approximate surface area is 241 Å². The van der Waals surface area contributed by atoms with Crippen molar-refractivity contribution in [1.82, 2.24) is 5.32 Å². The van der Waals surface area contributed by atoms with Crippen molar-refractivity contribution >= 4 is 29.1 Å². The average molecular weight is 560 g/mol. The summed E-state index contributed by atoms with van der Waals surface area (Å²) in [5.41, 5.74) is 1.53. The molecule has 1 amide bonds. The van der Waals surface area contributed by atoms with Gasteiger partial charge in [-0.2, -0.15) is 5.26 Å². The zero-order valence-corrected chi connectivity index (χ0v) is 25.5. The molecule has 0 fully saturated rings. The molecule has 0 aromatic rings. The zero-order valence-electron chi connectivity index (χ0n) is 24.0. The molecule has 6 heteroatoms. The summed E-state index contributed by atoms with van der Waals surface area (Å²) in [4.78, 5) is 13.1. The Bertz CT molecular complexity index is 1020. The maximum Gasteiger partial charge on any atom is 0.263 e. The maximum atomic E-state index is 13.1. The standard InChI is InChI=1S/C27H37ClN2O2.C5H7Cl/c1-9-13-23(19-29)18-21(5)32-27(7,8)26(31)30-22(6)25(17-20(4)11-3)24(14-10-2)15-12-16-28;1-3-5(6)4-2/h9-15,18,22,25H,1-2,16-17H2,3-8H3,(H,30,31);3-4H,1H2,2H3/b15-12-,20-11+,21-18+,23-13+,24-14+;5-4+. The predicted octanol–water partition coefficient (Wildman–Crippen LogP) is 9.02. The largest absolute Gasteiger partial charge is 0.483 e. The molecule has 0 aliphatic carbocycles. The summed E-state index contributed by atoms with van der Waals surface area (Å²) >= 11 is 11.2. The predicted molar refractivity (Wildman–Crippen MR) is 166 cm³/mol. The zero-order chi connectivity index (χ0) is 29.7. The molecule has 0 spiro atoms. The van der Waals surface area contributed by atoms with Crippen LogP contribution in [0.2, 0.25) is 0 Å². The number of nitrogens with one attached hydrogen (secondary N) is 1. The van der Waals surface area contributed by atoms with Gasteiger partial charge in [-0.1, -0.05) is 85.5 Å². The molecule has 4 nitrogen and oxygen atoms in total. The molecule has 0 saturated heterocycles. The fraction of sp³-hybridized carbons (Fsp3) is 0.375. The van der Waals surface area contributed by atoms with E-state index in [2.05, 4.69) is 44.1 Å². The second-order valence-corrected chi connectivity index (χ2v) is 9.63. The van der Waals surface area contributed by atoms with Crippen LogP contribution in [0.3, 0.4) is 0 Å². The average Bonchev–Trinajstić information content (AvgIpc) is 2.88. The number of carbonyl (C=O) groups excluding carboxylic acids is 1. The smallest absolute Gasteiger partial charge is 0.263 e. The third-order valence-electron chi connectivity index (χ3n) is 5.35. The van der Waals surface area contributed by atoms with Gasteiger partial charge >= 0.3 is 0 Å². The number of halogens is 2. The van der Waals surface area contributed by atoms with E-state index in [9.17, 15) is 4.79 Å². The van der Waals surface area contributed by atoms with Crippen LogP contribution < -0.4 is 5.32 Å². The molecule has 2 unspecified atom stereocenters. The van der Waals surface area contributed by atoms with Crippen LogP contribution in [0.15, 0.2) is 108 Å². The van der Waals surface area contributed by atoms with E-state index in [0.29, 0.717) is 22.2 Å². The number of nitriles is 1. The molecule has 0 rings (SSSR count). The Hall–Kier alpha value is -3.00. The first-order valence-electron chi connectivity index (χ1n) is 12.4. The highest BCUT2D eigenvalue weighted by Crippen LogP contribution is 2.26. The van der Waals surface area contributed by atoms with Crippen LogP contribution in [0.5, 0.6) is 0 Å². The summed E-state index contributed by atoms with van der Waals surface area (Å²) in [6.07, 6.45) is 18.5. The lowest BCUT2D eigenvalue weighted by molar-refractivity contribution is -0.139. The van der Waals surface area contributed by atoms with Gasteiger partial charge in [-0.05, 0) is 72.6 Å². The van der Waals surface area contributed by atoms with E-state index in [1.54, 1.807) is 51.2 Å². The lowest BCUT2D eigenvalue weighted by Gasteiger charge is -2.31. The van der Waals surface area contributed by atoms with Crippen molar-refractivity contribution in [2.45, 2.75) is 66.5 Å². The number of alkyl halides is 1. The van der Waals surface area contributed by atoms with Gasteiger partial charge in [0, 0.05) is 22.9 Å². The summed E-state index contributed by atoms with van der Waals surface area (Å²) in [5.74, 6) is 0.653. The molecular formula is C32H44Cl2N2O2. The third kappa shape index (κ3) is 16.0. The van der Waals surface area contributed by atoms with E-state index in [4.69, 9.17) is 33.2 Å². The number of ether oxygens (including phenoxy) is 1. The Morgan fingerprint density at radius 2 is 1.74 bits per heavy atom. The molecule has 0 radical (unpaired) electrons. The highest BCUT2D eigenvalue weighted by atomic mass is 35.5. The quantitative estimate of drug-likeness (QED) is 0.0759. The van der Waals surface area contributed by atoms with Crippen LogP contribution in [0, 0.1) is 17.2 Å². The number of carbonyl (C=O) groups is 1. The minimum Gasteiger partial charge on any atom is -0.483 e. The first kappa shape index (κ1) is 37.2. The molecule has 0 aliphatic rings. The van der Waals surface area contributed by atoms with Gasteiger partial charge in [-0.3, -0.25) is 4.79 Å². The molecule has 208 valence electrons. The van der Waals surface area contributed by atoms with Crippen molar-refractivity contribution in [2.75, 3.05) is 5.88 Å². The first-order valence-corrected chi connectivity index (χ1v) is 13.3. The molecule has 2 atom stereocenters. The lowest BCUT2D eigenvalue weighted by atomic mass is 9.85. The minimum absolute atomic E-state index is 0.0285. The van der Waals surface area contributed by atoms with Gasteiger partial charge in [0.2, 0.25) is 0 Å². The molecular weight excluding hydrogens is 515 g/mol. The summed E-state index contributed by atoms with van der Waals surface area (Å²) < 4.78 is 5.88. The van der Waals surface area contributed by atoms with Gasteiger partial charge in [0.1, 0.15) is 0 Å². The van der Waals surface area contributed by atoms with Gasteiger partial charge in [0.25, 0.3) is 5.91 Å². The van der Waals surface area contributed by atoms with Crippen molar-refractivity contribution < 1.29 is 9.53 Å². The van der Waals surface area contributed by atoms with Gasteiger partial charge in [-0.15, -0.1) is 11.6 Å². The number of amides is 1. The SMILES string of the molecule is C=C/C(Cl)=C\C.C=C/C=C(C#N)\C=C(/C)OC(C)(C)C(=O)NC(C)C(C/C(C)=C/C)C(/C=C\CCl)=C/C=C. The summed E-state index contributed by atoms with van der Waals surface area (Å²) in [5, 5.41) is 13.0. The van der Waals surface area contributed by atoms with Crippen molar-refractivity contribution in [3.05, 3.63) is 108 Å². The van der Waals surface area contributed by atoms with E-state index in [-0.39, 0.29) is 17.9 Å². The number of allylic oxidation sites excluding steroid dienone is 14. The Morgan fingerprint density at radius 1 is 1.13 bits per heavy atom. The first-order chi connectivity index (χ1) is 17.9. The highest BCUT2D eigenvalue weighted by Gasteiger charge is 2.33. The number of hydrogen-bond acceptors (Lipinski definition) is 3. The molecule has 0 aromatic heterocycles. The second kappa shape index (κ2) is 21.0. The van der Waals surface area contributed by atoms with Crippen molar-refractivity contribution in [1.29, 1.82) is 5.26 Å². The number of rotatable bonds is 14. The third-order valence-corrected chi connectivity index (χ3v) is 5.90. The van der Waals surface area contributed by atoms with E-state index < -0.39 is 5.60 Å². The lowest BCUT2D eigenvalue weighted by Crippen LogP contribution is -2.49. The van der Waals surface area contributed by atoms with E-state index >= 15 is 0 Å². The maximum absolute atomic E-state index is 13.1. The fourth-order valence-electron chi connectivity index (χ4n) is 3.21. The van der Waals surface area contributed by atoms with Crippen LogP contribution >= 0.6 is 23.2 Å². The van der Waals surface area contributed by atoms with Gasteiger partial charge < -0.3 is 10.1 Å². The van der Waals surface area contributed by atoms with Crippen molar-refractivity contribution in [3.8, 4) is 6.07 Å². The van der Waals surface area contributed by atoms with Gasteiger partial charge in [-0.25, -0.2) is 0 Å². The monoisotopic (exact) mass is 558 g/mol. The minimum atomic E-state index is -1.13. The summed E-state index contributed by atoms with van der Waals surface area (Å²) in [6, 6.07) is 1.88. The van der Waals surface area contributed by atoms with Gasteiger partial charge in [0.15, 0.2) is 5.60 Å². The number of hydrogen-bond donors (Lipinski definition) is 1. The second-order valence-electron chi connectivity index (χ2n) is 8.88. The number of nitrogens with zero attached hydrogens (tertiary/aromatic N) is 1. The van der Waals surface area contributed by atoms with Crippen molar-refractivity contribution in [2.24, 2.45) is 5.92 Å². The van der Waals surface area contributed by atoms with E-state index in [1.165, 1.54) is 11.6 Å². The van der Waals surface area contributed by atoms with Crippen molar-refractivity contribution in [3.63, 3.8) is 0 Å². The molecule has 1 N–H and O–H groups in total. The van der Waals surface area contributed by atoms with Crippen LogP contribution in [0.4, 0.5) is 0 Å². The van der Waals surface area contributed by atoms with E-state index in [1.807, 2.05) is 39.0 Å². The normalized spacial score (nSPS) is 15.0. The Morgan fingerprint density at radius 3 is 2.16 bits per heavy atom. The van der Waals surface area contributed by atoms with Crippen LogP contribution in [0.1, 0.15) is 54.9 Å². The van der Waals surface area contributed by atoms with Crippen LogP contribution in [-0.4, -0.2) is 23.4 Å². The molecule has 0 bridgehead atoms. The van der Waals surface area contributed by atoms with Gasteiger partial charge in [0.05, 0.1) is 17.4 Å². The van der Waals surface area contributed by atoms with E-state index in [0.717, 1.165) is 12.0 Å². The Balaban J connectivity index is 0. The fourth-order valence-corrected chi connectivity index (χ4v) is 3.30. The van der Waals surface area contributed by atoms with Crippen LogP contribution in [0.25, 0.3) is 0 Å². The Kier molecular flexibility index (Phi) is 20.5. The van der Waals surface area contributed by atoms with Crippen LogP contribution in [-0.2, 0) is 9.53 Å². The molecule has 0 aromatic carbocycles. The molecule has 0 aliphatic heterocycles. The molecule has 0 heterocycles. The molecule has 38 heavy (non-hydrogen) atoms.